The maximum absolute atomic E-state index is 13.0. The van der Waals surface area contributed by atoms with E-state index in [0.29, 0.717) is 17.9 Å². The maximum atomic E-state index is 13.0. The quantitative estimate of drug-likeness (QED) is 0.731. The molecule has 0 unspecified atom stereocenters. The van der Waals surface area contributed by atoms with Crippen molar-refractivity contribution in [1.29, 1.82) is 0 Å². The molecule has 0 spiro atoms. The average Bonchev–Trinajstić information content (AvgIpc) is 3.14. The lowest BCUT2D eigenvalue weighted by molar-refractivity contribution is -0.137. The summed E-state index contributed by atoms with van der Waals surface area (Å²) in [7, 11) is 0. The van der Waals surface area contributed by atoms with E-state index in [4.69, 9.17) is 0 Å². The van der Waals surface area contributed by atoms with E-state index in [-0.39, 0.29) is 17.8 Å². The Morgan fingerprint density at radius 2 is 1.83 bits per heavy atom. The molecule has 3 heterocycles. The zero-order valence-electron chi connectivity index (χ0n) is 14.8. The minimum atomic E-state index is -4.46. The Morgan fingerprint density at radius 3 is 2.48 bits per heavy atom. The first kappa shape index (κ1) is 18.7. The van der Waals surface area contributed by atoms with Crippen LogP contribution in [0.25, 0.3) is 0 Å². The van der Waals surface area contributed by atoms with Crippen molar-refractivity contribution in [3.63, 3.8) is 0 Å². The van der Waals surface area contributed by atoms with Gasteiger partial charge in [0.05, 0.1) is 35.8 Å². The third kappa shape index (κ3) is 3.56. The summed E-state index contributed by atoms with van der Waals surface area (Å²) in [6, 6.07) is 7.62. The molecule has 0 atom stereocenters. The summed E-state index contributed by atoms with van der Waals surface area (Å²) in [6.07, 6.45) is -0.136. The number of carbonyl (C=O) groups is 2. The number of carbonyl (C=O) groups excluding carboxylic acids is 2. The van der Waals surface area contributed by atoms with Crippen LogP contribution in [0, 0.1) is 0 Å². The molecule has 0 saturated heterocycles. The molecule has 4 rings (SSSR count). The fourth-order valence-corrected chi connectivity index (χ4v) is 3.08. The Balaban J connectivity index is 1.60. The summed E-state index contributed by atoms with van der Waals surface area (Å²) in [6.45, 7) is 0.533. The van der Waals surface area contributed by atoms with Crippen LogP contribution < -0.4 is 10.2 Å². The molecule has 0 bridgehead atoms. The molecule has 29 heavy (non-hydrogen) atoms. The lowest BCUT2D eigenvalue weighted by Crippen LogP contribution is -2.41. The van der Waals surface area contributed by atoms with Gasteiger partial charge in [-0.25, -0.2) is 0 Å². The zero-order chi connectivity index (χ0) is 20.6. The molecule has 1 aliphatic rings. The van der Waals surface area contributed by atoms with Crippen molar-refractivity contribution in [3.8, 4) is 0 Å². The van der Waals surface area contributed by atoms with Crippen molar-refractivity contribution in [1.82, 2.24) is 14.8 Å². The van der Waals surface area contributed by atoms with Gasteiger partial charge in [0, 0.05) is 18.4 Å². The fourth-order valence-electron chi connectivity index (χ4n) is 3.08. The van der Waals surface area contributed by atoms with Crippen LogP contribution in [0.5, 0.6) is 0 Å². The van der Waals surface area contributed by atoms with Crippen LogP contribution in [0.3, 0.4) is 0 Å². The number of anilines is 2. The van der Waals surface area contributed by atoms with E-state index < -0.39 is 23.6 Å². The highest BCUT2D eigenvalue weighted by Gasteiger charge is 2.33. The Hall–Kier alpha value is -3.69. The standard InChI is InChI=1S/C19H14F3N5O2/c20-19(21,22)12-3-5-14(6-4-12)26-8-9-27-16(18(26)29)15(11-24-27)17(28)25-13-2-1-7-23-10-13/h1-7,10-11H,8-9H2,(H,25,28). The average molecular weight is 401 g/mol. The molecule has 1 aromatic carbocycles. The van der Waals surface area contributed by atoms with Gasteiger partial charge >= 0.3 is 6.18 Å². The van der Waals surface area contributed by atoms with Gasteiger partial charge in [-0.2, -0.15) is 18.3 Å². The van der Waals surface area contributed by atoms with Crippen LogP contribution in [0.2, 0.25) is 0 Å². The summed E-state index contributed by atoms with van der Waals surface area (Å²) in [5.74, 6) is -1.04. The van der Waals surface area contributed by atoms with Crippen molar-refractivity contribution in [2.24, 2.45) is 0 Å². The Bertz CT molecular complexity index is 1060. The number of rotatable bonds is 3. The van der Waals surface area contributed by atoms with E-state index in [1.54, 1.807) is 18.3 Å². The highest BCUT2D eigenvalue weighted by Crippen LogP contribution is 2.31. The SMILES string of the molecule is O=C(Nc1cccnc1)c1cnn2c1C(=O)N(c1ccc(C(F)(F)F)cc1)CC2. The number of nitrogens with one attached hydrogen (secondary N) is 1. The van der Waals surface area contributed by atoms with Crippen molar-refractivity contribution in [2.75, 3.05) is 16.8 Å². The van der Waals surface area contributed by atoms with Gasteiger partial charge in [-0.15, -0.1) is 0 Å². The second-order valence-corrected chi connectivity index (χ2v) is 6.33. The van der Waals surface area contributed by atoms with Crippen LogP contribution >= 0.6 is 0 Å². The molecule has 0 saturated carbocycles. The van der Waals surface area contributed by atoms with Gasteiger partial charge in [-0.1, -0.05) is 0 Å². The predicted molar refractivity (Wildman–Crippen MR) is 97.5 cm³/mol. The molecular formula is C19H14F3N5O2. The second-order valence-electron chi connectivity index (χ2n) is 6.33. The summed E-state index contributed by atoms with van der Waals surface area (Å²) in [5.41, 5.74) is 0.134. The van der Waals surface area contributed by atoms with Gasteiger partial charge in [0.2, 0.25) is 0 Å². The topological polar surface area (TPSA) is 80.1 Å². The number of benzene rings is 1. The van der Waals surface area contributed by atoms with E-state index in [2.05, 4.69) is 15.4 Å². The summed E-state index contributed by atoms with van der Waals surface area (Å²) in [4.78, 5) is 30.8. The van der Waals surface area contributed by atoms with Crippen molar-refractivity contribution in [2.45, 2.75) is 12.7 Å². The number of halogens is 3. The van der Waals surface area contributed by atoms with E-state index in [0.717, 1.165) is 12.1 Å². The molecule has 7 nitrogen and oxygen atoms in total. The number of amides is 2. The monoisotopic (exact) mass is 401 g/mol. The van der Waals surface area contributed by atoms with E-state index in [9.17, 15) is 22.8 Å². The summed E-state index contributed by atoms with van der Waals surface area (Å²) < 4.78 is 39.7. The molecule has 0 fully saturated rings. The summed E-state index contributed by atoms with van der Waals surface area (Å²) >= 11 is 0. The Labute approximate surface area is 162 Å². The van der Waals surface area contributed by atoms with E-state index in [1.165, 1.54) is 34.1 Å². The lowest BCUT2D eigenvalue weighted by Gasteiger charge is -2.28. The van der Waals surface area contributed by atoms with E-state index >= 15 is 0 Å². The smallest absolute Gasteiger partial charge is 0.320 e. The molecule has 1 N–H and O–H groups in total. The minimum absolute atomic E-state index is 0.0791. The van der Waals surface area contributed by atoms with Gasteiger partial charge in [0.1, 0.15) is 5.69 Å². The number of aromatic nitrogens is 3. The van der Waals surface area contributed by atoms with Gasteiger partial charge in [0.25, 0.3) is 11.8 Å². The van der Waals surface area contributed by atoms with Gasteiger partial charge < -0.3 is 10.2 Å². The largest absolute Gasteiger partial charge is 0.416 e. The van der Waals surface area contributed by atoms with Crippen LogP contribution in [0.4, 0.5) is 24.5 Å². The van der Waals surface area contributed by atoms with Crippen molar-refractivity contribution in [3.05, 3.63) is 71.8 Å². The van der Waals surface area contributed by atoms with E-state index in [1.807, 2.05) is 0 Å². The highest BCUT2D eigenvalue weighted by molar-refractivity contribution is 6.15. The first-order valence-electron chi connectivity index (χ1n) is 8.61. The normalized spacial score (nSPS) is 13.9. The van der Waals surface area contributed by atoms with Gasteiger partial charge in [-0.3, -0.25) is 19.3 Å². The van der Waals surface area contributed by atoms with Crippen LogP contribution in [-0.2, 0) is 12.7 Å². The maximum Gasteiger partial charge on any atom is 0.416 e. The number of fused-ring (bicyclic) bond motifs is 1. The molecule has 0 radical (unpaired) electrons. The zero-order valence-corrected chi connectivity index (χ0v) is 14.8. The number of nitrogens with zero attached hydrogens (tertiary/aromatic N) is 4. The Kier molecular flexibility index (Phi) is 4.53. The third-order valence-corrected chi connectivity index (χ3v) is 4.49. The molecule has 0 aliphatic carbocycles. The predicted octanol–water partition coefficient (Wildman–Crippen LogP) is 3.21. The molecule has 2 aromatic heterocycles. The molecular weight excluding hydrogens is 387 g/mol. The molecule has 148 valence electrons. The molecule has 2 amide bonds. The number of alkyl halides is 3. The Morgan fingerprint density at radius 1 is 1.07 bits per heavy atom. The van der Waals surface area contributed by atoms with Crippen LogP contribution in [0.1, 0.15) is 26.4 Å². The van der Waals surface area contributed by atoms with Crippen molar-refractivity contribution >= 4 is 23.2 Å². The lowest BCUT2D eigenvalue weighted by atomic mass is 10.1. The van der Waals surface area contributed by atoms with Gasteiger partial charge in [-0.05, 0) is 36.4 Å². The summed E-state index contributed by atoms with van der Waals surface area (Å²) in [5, 5.41) is 6.73. The first-order chi connectivity index (χ1) is 13.8. The van der Waals surface area contributed by atoms with Crippen molar-refractivity contribution < 1.29 is 22.8 Å². The molecule has 1 aliphatic heterocycles. The number of hydrogen-bond acceptors (Lipinski definition) is 4. The fraction of sp³-hybridized carbons (Fsp3) is 0.158. The first-order valence-corrected chi connectivity index (χ1v) is 8.61. The van der Waals surface area contributed by atoms with Crippen LogP contribution in [-0.4, -0.2) is 33.1 Å². The third-order valence-electron chi connectivity index (χ3n) is 4.49. The van der Waals surface area contributed by atoms with Gasteiger partial charge in [0.15, 0.2) is 0 Å². The van der Waals surface area contributed by atoms with Crippen LogP contribution in [0.15, 0.2) is 55.0 Å². The minimum Gasteiger partial charge on any atom is -0.320 e. The molecule has 10 heteroatoms. The second kappa shape index (κ2) is 7.04. The number of hydrogen-bond donors (Lipinski definition) is 1. The molecule has 3 aromatic rings. The highest BCUT2D eigenvalue weighted by atomic mass is 19.4. The number of pyridine rings is 1.